The largest absolute Gasteiger partial charge is 0.466 e. The van der Waals surface area contributed by atoms with E-state index in [1.807, 2.05) is 0 Å². The third kappa shape index (κ3) is 2.68. The van der Waals surface area contributed by atoms with Gasteiger partial charge in [-0.15, -0.1) is 5.10 Å². The quantitative estimate of drug-likeness (QED) is 0.639. The molecule has 1 amide bonds. The van der Waals surface area contributed by atoms with Crippen molar-refractivity contribution >= 4 is 17.5 Å². The second-order valence-corrected chi connectivity index (χ2v) is 3.54. The van der Waals surface area contributed by atoms with Gasteiger partial charge in [0, 0.05) is 6.07 Å². The fraction of sp³-hybridized carbons (Fsp3) is 0.100. The number of rotatable bonds is 4. The number of aromatic nitrogens is 3. The highest BCUT2D eigenvalue weighted by Crippen LogP contribution is 2.20. The summed E-state index contributed by atoms with van der Waals surface area (Å²) in [6.45, 7) is 0. The lowest BCUT2D eigenvalue weighted by atomic mass is 10.1. The average Bonchev–Trinajstić information content (AvgIpc) is 2.85. The Hall–Kier alpha value is -3.04. The second kappa shape index (κ2) is 5.30. The van der Waals surface area contributed by atoms with Crippen LogP contribution in [0.2, 0.25) is 0 Å². The number of anilines is 1. The van der Waals surface area contributed by atoms with Crippen LogP contribution >= 0.6 is 0 Å². The van der Waals surface area contributed by atoms with Crippen LogP contribution in [-0.2, 0) is 0 Å². The summed E-state index contributed by atoms with van der Waals surface area (Å²) in [4.78, 5) is 25.6. The molecule has 1 heterocycles. The fourth-order valence-electron chi connectivity index (χ4n) is 1.42. The number of H-pyrrole nitrogens is 1. The average molecular weight is 281 g/mol. The van der Waals surface area contributed by atoms with Crippen molar-refractivity contribution in [1.29, 1.82) is 0 Å². The van der Waals surface area contributed by atoms with Gasteiger partial charge in [0.15, 0.2) is 0 Å². The summed E-state index contributed by atoms with van der Waals surface area (Å²) in [7, 11) is 1.33. The van der Waals surface area contributed by atoms with E-state index in [-0.39, 0.29) is 12.0 Å². The maximum Gasteiger partial charge on any atom is 0.336 e. The molecular weight excluding hydrogens is 273 g/mol. The van der Waals surface area contributed by atoms with Crippen LogP contribution in [0.4, 0.5) is 16.0 Å². The molecular formula is C10H8FN5O4. The van der Waals surface area contributed by atoms with Gasteiger partial charge in [0.1, 0.15) is 11.4 Å². The van der Waals surface area contributed by atoms with Crippen LogP contribution in [0.3, 0.4) is 0 Å². The van der Waals surface area contributed by atoms with Gasteiger partial charge in [-0.1, -0.05) is 0 Å². The van der Waals surface area contributed by atoms with Crippen LogP contribution in [-0.4, -0.2) is 33.1 Å². The van der Waals surface area contributed by atoms with Crippen LogP contribution in [0.25, 0.3) is 0 Å². The highest BCUT2D eigenvalue weighted by atomic mass is 19.1. The lowest BCUT2D eigenvalue weighted by Crippen LogP contribution is -2.15. The first kappa shape index (κ1) is 13.4. The van der Waals surface area contributed by atoms with Crippen molar-refractivity contribution in [3.05, 3.63) is 39.7 Å². The minimum Gasteiger partial charge on any atom is -0.466 e. The topological polar surface area (TPSA) is 123 Å². The van der Waals surface area contributed by atoms with Gasteiger partial charge in [-0.25, -0.2) is 9.49 Å². The number of hydrogen-bond acceptors (Lipinski definition) is 6. The SMILES string of the molecule is COc1n[nH]c(NC(=O)c2cc(F)ccc2[N+](=O)[O-])n1. The molecule has 20 heavy (non-hydrogen) atoms. The molecule has 2 aromatic rings. The molecule has 0 saturated carbocycles. The number of methoxy groups -OCH3 is 1. The number of nitrogens with one attached hydrogen (secondary N) is 2. The minimum absolute atomic E-state index is 0.0194. The van der Waals surface area contributed by atoms with E-state index in [1.54, 1.807) is 0 Å². The minimum atomic E-state index is -0.894. The molecule has 0 saturated heterocycles. The normalized spacial score (nSPS) is 10.1. The van der Waals surface area contributed by atoms with Gasteiger partial charge >= 0.3 is 6.01 Å². The molecule has 1 aromatic carbocycles. The highest BCUT2D eigenvalue weighted by Gasteiger charge is 2.21. The molecule has 1 aromatic heterocycles. The predicted molar refractivity (Wildman–Crippen MR) is 63.9 cm³/mol. The van der Waals surface area contributed by atoms with Crippen molar-refractivity contribution in [3.63, 3.8) is 0 Å². The molecule has 104 valence electrons. The number of carbonyl (C=O) groups excluding carboxylic acids is 1. The molecule has 0 radical (unpaired) electrons. The molecule has 0 unspecified atom stereocenters. The summed E-state index contributed by atoms with van der Waals surface area (Å²) >= 11 is 0. The molecule has 0 fully saturated rings. The molecule has 0 spiro atoms. The van der Waals surface area contributed by atoms with E-state index in [2.05, 4.69) is 20.5 Å². The molecule has 9 nitrogen and oxygen atoms in total. The summed E-state index contributed by atoms with van der Waals surface area (Å²) in [5, 5.41) is 18.9. The fourth-order valence-corrected chi connectivity index (χ4v) is 1.42. The molecule has 0 aliphatic carbocycles. The molecule has 0 bridgehead atoms. The van der Waals surface area contributed by atoms with E-state index in [1.165, 1.54) is 7.11 Å². The van der Waals surface area contributed by atoms with E-state index < -0.39 is 27.9 Å². The molecule has 10 heteroatoms. The summed E-state index contributed by atoms with van der Waals surface area (Å²) in [5.74, 6) is -1.74. The lowest BCUT2D eigenvalue weighted by molar-refractivity contribution is -0.385. The van der Waals surface area contributed by atoms with Gasteiger partial charge in [0.25, 0.3) is 11.6 Å². The number of nitro benzene ring substituents is 1. The van der Waals surface area contributed by atoms with Gasteiger partial charge in [-0.3, -0.25) is 20.2 Å². The van der Waals surface area contributed by atoms with E-state index in [0.717, 1.165) is 18.2 Å². The number of nitrogens with zero attached hydrogens (tertiary/aromatic N) is 3. The maximum absolute atomic E-state index is 13.1. The number of nitro groups is 1. The van der Waals surface area contributed by atoms with Gasteiger partial charge < -0.3 is 4.74 Å². The van der Waals surface area contributed by atoms with Gasteiger partial charge in [-0.05, 0) is 12.1 Å². The summed E-state index contributed by atoms with van der Waals surface area (Å²) in [6, 6.07) is 2.55. The Morgan fingerprint density at radius 3 is 2.90 bits per heavy atom. The number of ether oxygens (including phenoxy) is 1. The number of halogens is 1. The van der Waals surface area contributed by atoms with Crippen molar-refractivity contribution in [2.75, 3.05) is 12.4 Å². The lowest BCUT2D eigenvalue weighted by Gasteiger charge is -2.02. The Kier molecular flexibility index (Phi) is 3.55. The smallest absolute Gasteiger partial charge is 0.336 e. The molecule has 2 rings (SSSR count). The number of carbonyl (C=O) groups is 1. The van der Waals surface area contributed by atoms with E-state index >= 15 is 0 Å². The standard InChI is InChI=1S/C10H8FN5O4/c1-20-10-13-9(14-15-10)12-8(17)6-4-5(11)2-3-7(6)16(18)19/h2-4H,1H3,(H2,12,13,14,15,17). The zero-order valence-corrected chi connectivity index (χ0v) is 10.1. The van der Waals surface area contributed by atoms with Crippen molar-refractivity contribution in [1.82, 2.24) is 15.2 Å². The molecule has 2 N–H and O–H groups in total. The number of amides is 1. The van der Waals surface area contributed by atoms with Crippen LogP contribution in [0.15, 0.2) is 18.2 Å². The Bertz CT molecular complexity index is 671. The predicted octanol–water partition coefficient (Wildman–Crippen LogP) is 1.11. The molecule has 0 atom stereocenters. The zero-order valence-electron chi connectivity index (χ0n) is 10.1. The maximum atomic E-state index is 13.1. The number of aromatic amines is 1. The Morgan fingerprint density at radius 1 is 1.55 bits per heavy atom. The number of hydrogen-bond donors (Lipinski definition) is 2. The second-order valence-electron chi connectivity index (χ2n) is 3.54. The Labute approximate surface area is 110 Å². The van der Waals surface area contributed by atoms with Crippen molar-refractivity contribution in [2.45, 2.75) is 0 Å². The van der Waals surface area contributed by atoms with Crippen LogP contribution in [0, 0.1) is 15.9 Å². The summed E-state index contributed by atoms with van der Waals surface area (Å²) in [5.41, 5.74) is -0.944. The van der Waals surface area contributed by atoms with Crippen molar-refractivity contribution < 1.29 is 18.8 Å². The van der Waals surface area contributed by atoms with Crippen molar-refractivity contribution in [2.24, 2.45) is 0 Å². The van der Waals surface area contributed by atoms with Crippen molar-refractivity contribution in [3.8, 4) is 6.01 Å². The Morgan fingerprint density at radius 2 is 2.30 bits per heavy atom. The van der Waals surface area contributed by atoms with Crippen LogP contribution in [0.5, 0.6) is 6.01 Å². The van der Waals surface area contributed by atoms with Crippen LogP contribution < -0.4 is 10.1 Å². The van der Waals surface area contributed by atoms with E-state index in [9.17, 15) is 19.3 Å². The number of benzene rings is 1. The molecule has 0 aliphatic heterocycles. The van der Waals surface area contributed by atoms with Gasteiger partial charge in [0.2, 0.25) is 5.95 Å². The first-order valence-electron chi connectivity index (χ1n) is 5.23. The highest BCUT2D eigenvalue weighted by molar-refractivity contribution is 6.06. The van der Waals surface area contributed by atoms with E-state index in [0.29, 0.717) is 0 Å². The van der Waals surface area contributed by atoms with Gasteiger partial charge in [-0.2, -0.15) is 4.98 Å². The third-order valence-electron chi connectivity index (χ3n) is 2.28. The van der Waals surface area contributed by atoms with E-state index in [4.69, 9.17) is 4.74 Å². The third-order valence-corrected chi connectivity index (χ3v) is 2.28. The first-order valence-corrected chi connectivity index (χ1v) is 5.23. The zero-order chi connectivity index (χ0) is 14.7. The first-order chi connectivity index (χ1) is 9.51. The Balaban J connectivity index is 2.28. The summed E-state index contributed by atoms with van der Waals surface area (Å²) in [6.07, 6.45) is 0. The molecule has 0 aliphatic rings. The van der Waals surface area contributed by atoms with Crippen LogP contribution in [0.1, 0.15) is 10.4 Å². The van der Waals surface area contributed by atoms with Gasteiger partial charge in [0.05, 0.1) is 12.0 Å². The monoisotopic (exact) mass is 281 g/mol. The summed E-state index contributed by atoms with van der Waals surface area (Å²) < 4.78 is 17.8.